The average Bonchev–Trinajstić information content (AvgIpc) is 2.84. The summed E-state index contributed by atoms with van der Waals surface area (Å²) in [6.07, 6.45) is 3.10. The summed E-state index contributed by atoms with van der Waals surface area (Å²) in [5.74, 6) is 0.350. The fourth-order valence-corrected chi connectivity index (χ4v) is 3.84. The van der Waals surface area contributed by atoms with Gasteiger partial charge in [-0.15, -0.1) is 0 Å². The van der Waals surface area contributed by atoms with E-state index in [-0.39, 0.29) is 17.5 Å². The molecule has 0 aromatic heterocycles. The lowest BCUT2D eigenvalue weighted by molar-refractivity contribution is 0.0779. The molecule has 1 unspecified atom stereocenters. The van der Waals surface area contributed by atoms with Crippen molar-refractivity contribution < 1.29 is 9.18 Å². The molecule has 1 saturated heterocycles. The molecule has 5 heteroatoms. The third-order valence-electron chi connectivity index (χ3n) is 4.56. The molecule has 2 aliphatic rings. The second kappa shape index (κ2) is 5.45. The minimum Gasteiger partial charge on any atom is -0.338 e. The van der Waals surface area contributed by atoms with Crippen molar-refractivity contribution in [2.75, 3.05) is 13.1 Å². The Morgan fingerprint density at radius 3 is 2.85 bits per heavy atom. The van der Waals surface area contributed by atoms with Crippen molar-refractivity contribution in [1.82, 2.24) is 4.90 Å². The van der Waals surface area contributed by atoms with Crippen molar-refractivity contribution in [3.63, 3.8) is 0 Å². The number of hydrogen-bond donors (Lipinski definition) is 1. The topological polar surface area (TPSA) is 46.3 Å². The highest BCUT2D eigenvalue weighted by atomic mass is 79.9. The SMILES string of the molecule is NC1CC[C@@H]2CN(C(=O)c3cccc(Br)c3F)C[C@@H]2C1. The van der Waals surface area contributed by atoms with Crippen LogP contribution in [-0.4, -0.2) is 29.9 Å². The maximum atomic E-state index is 14.0. The predicted octanol–water partition coefficient (Wildman–Crippen LogP) is 2.79. The maximum Gasteiger partial charge on any atom is 0.256 e. The van der Waals surface area contributed by atoms with Gasteiger partial charge >= 0.3 is 0 Å². The zero-order valence-corrected chi connectivity index (χ0v) is 12.8. The third kappa shape index (κ3) is 2.49. The van der Waals surface area contributed by atoms with Gasteiger partial charge in [-0.05, 0) is 59.2 Å². The highest BCUT2D eigenvalue weighted by molar-refractivity contribution is 9.10. The van der Waals surface area contributed by atoms with Crippen LogP contribution in [0, 0.1) is 17.7 Å². The molecule has 3 rings (SSSR count). The molecule has 1 amide bonds. The van der Waals surface area contributed by atoms with Crippen LogP contribution in [0.3, 0.4) is 0 Å². The first kappa shape index (κ1) is 14.0. The van der Waals surface area contributed by atoms with Crippen molar-refractivity contribution in [2.45, 2.75) is 25.3 Å². The first-order valence-electron chi connectivity index (χ1n) is 7.05. The van der Waals surface area contributed by atoms with E-state index in [1.807, 2.05) is 0 Å². The van der Waals surface area contributed by atoms with E-state index in [0.29, 0.717) is 22.9 Å². The van der Waals surface area contributed by atoms with Gasteiger partial charge in [0, 0.05) is 19.1 Å². The van der Waals surface area contributed by atoms with Gasteiger partial charge in [-0.3, -0.25) is 4.79 Å². The molecule has 108 valence electrons. The zero-order valence-electron chi connectivity index (χ0n) is 11.2. The van der Waals surface area contributed by atoms with Gasteiger partial charge < -0.3 is 10.6 Å². The highest BCUT2D eigenvalue weighted by Crippen LogP contribution is 2.36. The molecule has 0 bridgehead atoms. The van der Waals surface area contributed by atoms with E-state index in [9.17, 15) is 9.18 Å². The quantitative estimate of drug-likeness (QED) is 0.854. The second-order valence-electron chi connectivity index (χ2n) is 5.90. The number of carbonyl (C=O) groups is 1. The summed E-state index contributed by atoms with van der Waals surface area (Å²) in [4.78, 5) is 14.3. The lowest BCUT2D eigenvalue weighted by atomic mass is 9.79. The molecule has 3 nitrogen and oxygen atoms in total. The van der Waals surface area contributed by atoms with Crippen LogP contribution in [-0.2, 0) is 0 Å². The van der Waals surface area contributed by atoms with E-state index in [1.165, 1.54) is 0 Å². The summed E-state index contributed by atoms with van der Waals surface area (Å²) in [7, 11) is 0. The molecule has 1 aromatic carbocycles. The van der Waals surface area contributed by atoms with Crippen LogP contribution in [0.15, 0.2) is 22.7 Å². The van der Waals surface area contributed by atoms with Crippen LogP contribution in [0.1, 0.15) is 29.6 Å². The highest BCUT2D eigenvalue weighted by Gasteiger charge is 2.39. The number of halogens is 2. The van der Waals surface area contributed by atoms with Gasteiger partial charge in [0.25, 0.3) is 5.91 Å². The van der Waals surface area contributed by atoms with Crippen molar-refractivity contribution in [3.8, 4) is 0 Å². The van der Waals surface area contributed by atoms with E-state index in [4.69, 9.17) is 5.73 Å². The van der Waals surface area contributed by atoms with Gasteiger partial charge in [0.05, 0.1) is 10.0 Å². The summed E-state index contributed by atoms with van der Waals surface area (Å²) in [6, 6.07) is 5.11. The van der Waals surface area contributed by atoms with E-state index in [1.54, 1.807) is 23.1 Å². The largest absolute Gasteiger partial charge is 0.338 e. The average molecular weight is 341 g/mol. The molecular weight excluding hydrogens is 323 g/mol. The Morgan fingerprint density at radius 1 is 1.30 bits per heavy atom. The van der Waals surface area contributed by atoms with Gasteiger partial charge in [-0.1, -0.05) is 6.07 Å². The third-order valence-corrected chi connectivity index (χ3v) is 5.17. The second-order valence-corrected chi connectivity index (χ2v) is 6.76. The van der Waals surface area contributed by atoms with Crippen LogP contribution >= 0.6 is 15.9 Å². The fourth-order valence-electron chi connectivity index (χ4n) is 3.47. The molecule has 2 N–H and O–H groups in total. The molecule has 0 radical (unpaired) electrons. The number of benzene rings is 1. The number of fused-ring (bicyclic) bond motifs is 1. The molecule has 3 atom stereocenters. The van der Waals surface area contributed by atoms with Crippen LogP contribution in [0.5, 0.6) is 0 Å². The molecule has 2 fully saturated rings. The Balaban J connectivity index is 1.77. The number of nitrogens with two attached hydrogens (primary N) is 1. The summed E-state index contributed by atoms with van der Waals surface area (Å²) >= 11 is 3.13. The number of nitrogens with zero attached hydrogens (tertiary/aromatic N) is 1. The minimum atomic E-state index is -0.468. The Morgan fingerprint density at radius 2 is 2.05 bits per heavy atom. The van der Waals surface area contributed by atoms with Crippen LogP contribution < -0.4 is 5.73 Å². The molecule has 20 heavy (non-hydrogen) atoms. The van der Waals surface area contributed by atoms with Crippen molar-refractivity contribution in [3.05, 3.63) is 34.1 Å². The van der Waals surface area contributed by atoms with E-state index in [0.717, 1.165) is 25.8 Å². The minimum absolute atomic E-state index is 0.155. The van der Waals surface area contributed by atoms with Crippen LogP contribution in [0.2, 0.25) is 0 Å². The molecule has 0 spiro atoms. The van der Waals surface area contributed by atoms with Crippen molar-refractivity contribution in [1.29, 1.82) is 0 Å². The molecule has 1 aliphatic heterocycles. The molecule has 1 aliphatic carbocycles. The van der Waals surface area contributed by atoms with Crippen LogP contribution in [0.25, 0.3) is 0 Å². The lowest BCUT2D eigenvalue weighted by Gasteiger charge is -2.27. The first-order chi connectivity index (χ1) is 9.56. The van der Waals surface area contributed by atoms with Crippen molar-refractivity contribution in [2.24, 2.45) is 17.6 Å². The monoisotopic (exact) mass is 340 g/mol. The van der Waals surface area contributed by atoms with Crippen LogP contribution in [0.4, 0.5) is 4.39 Å². The van der Waals surface area contributed by atoms with Gasteiger partial charge in [-0.25, -0.2) is 4.39 Å². The number of carbonyl (C=O) groups excluding carboxylic acids is 1. The number of amides is 1. The fraction of sp³-hybridized carbons (Fsp3) is 0.533. The Bertz CT molecular complexity index is 537. The maximum absolute atomic E-state index is 14.0. The van der Waals surface area contributed by atoms with E-state index < -0.39 is 5.82 Å². The predicted molar refractivity (Wildman–Crippen MR) is 78.8 cm³/mol. The number of rotatable bonds is 1. The smallest absolute Gasteiger partial charge is 0.256 e. The summed E-state index contributed by atoms with van der Waals surface area (Å²) in [6.45, 7) is 1.45. The van der Waals surface area contributed by atoms with E-state index in [2.05, 4.69) is 15.9 Å². The zero-order chi connectivity index (χ0) is 14.3. The Hall–Kier alpha value is -0.940. The molecule has 1 saturated carbocycles. The number of likely N-dealkylation sites (tertiary alicyclic amines) is 1. The van der Waals surface area contributed by atoms with Gasteiger partial charge in [0.2, 0.25) is 0 Å². The Labute approximate surface area is 126 Å². The van der Waals surface area contributed by atoms with E-state index >= 15 is 0 Å². The standard InChI is InChI=1S/C15H18BrFN2O/c16-13-3-1-2-12(14(13)17)15(20)19-7-9-4-5-11(18)6-10(9)8-19/h1-3,9-11H,4-8,18H2/t9-,10+,11?/m1/s1. The summed E-state index contributed by atoms with van der Waals surface area (Å²) in [5.41, 5.74) is 6.15. The summed E-state index contributed by atoms with van der Waals surface area (Å²) in [5, 5.41) is 0. The molecular formula is C15H18BrFN2O. The number of hydrogen-bond acceptors (Lipinski definition) is 2. The molecule has 1 aromatic rings. The van der Waals surface area contributed by atoms with Gasteiger partial charge in [0.15, 0.2) is 0 Å². The Kier molecular flexibility index (Phi) is 3.82. The normalized spacial score (nSPS) is 29.4. The first-order valence-corrected chi connectivity index (χ1v) is 7.84. The van der Waals surface area contributed by atoms with Crippen molar-refractivity contribution >= 4 is 21.8 Å². The van der Waals surface area contributed by atoms with Gasteiger partial charge in [-0.2, -0.15) is 0 Å². The lowest BCUT2D eigenvalue weighted by Crippen LogP contribution is -2.32. The summed E-state index contributed by atoms with van der Waals surface area (Å²) < 4.78 is 14.4. The molecule has 1 heterocycles. The van der Waals surface area contributed by atoms with Gasteiger partial charge in [0.1, 0.15) is 5.82 Å².